The van der Waals surface area contributed by atoms with Crippen LogP contribution in [0.5, 0.6) is 0 Å². The molecule has 0 aliphatic heterocycles. The molecule has 0 bridgehead atoms. The van der Waals surface area contributed by atoms with Crippen LogP contribution in [0.3, 0.4) is 0 Å². The average molecular weight is 254 g/mol. The summed E-state index contributed by atoms with van der Waals surface area (Å²) < 4.78 is 0.882. The van der Waals surface area contributed by atoms with Crippen molar-refractivity contribution in [1.29, 1.82) is 0 Å². The lowest BCUT2D eigenvalue weighted by Crippen LogP contribution is -2.20. The summed E-state index contributed by atoms with van der Waals surface area (Å²) in [6, 6.07) is 5.50. The molecule has 0 amide bonds. The molecule has 75 valence electrons. The molecule has 0 unspecified atom stereocenters. The second-order valence-electron chi connectivity index (χ2n) is 4.39. The maximum absolute atomic E-state index is 11.9. The molecule has 0 saturated carbocycles. The third-order valence-electron chi connectivity index (χ3n) is 2.00. The molecular formula is C12H14BrO. The highest BCUT2D eigenvalue weighted by atomic mass is 79.9. The molecule has 1 aromatic carbocycles. The zero-order valence-corrected chi connectivity index (χ0v) is 10.3. The zero-order valence-electron chi connectivity index (χ0n) is 8.73. The van der Waals surface area contributed by atoms with E-state index in [0.717, 1.165) is 15.6 Å². The Kier molecular flexibility index (Phi) is 3.15. The highest BCUT2D eigenvalue weighted by Gasteiger charge is 2.22. The van der Waals surface area contributed by atoms with E-state index < -0.39 is 0 Å². The van der Waals surface area contributed by atoms with Crippen molar-refractivity contribution in [2.24, 2.45) is 5.41 Å². The molecule has 0 spiro atoms. The number of Topliss-reactive ketones (excluding diaryl/α,β-unsaturated/α-hetero) is 1. The monoisotopic (exact) mass is 253 g/mol. The Labute approximate surface area is 93.7 Å². The van der Waals surface area contributed by atoms with Crippen LogP contribution in [0, 0.1) is 12.3 Å². The van der Waals surface area contributed by atoms with Crippen molar-refractivity contribution in [1.82, 2.24) is 0 Å². The summed E-state index contributed by atoms with van der Waals surface area (Å²) >= 11 is 3.37. The van der Waals surface area contributed by atoms with Crippen LogP contribution in [0.25, 0.3) is 0 Å². The maximum Gasteiger partial charge on any atom is 0.168 e. The van der Waals surface area contributed by atoms with Gasteiger partial charge in [-0.05, 0) is 18.6 Å². The van der Waals surface area contributed by atoms with Gasteiger partial charge < -0.3 is 0 Å². The molecule has 0 heterocycles. The van der Waals surface area contributed by atoms with Crippen molar-refractivity contribution in [2.45, 2.75) is 20.8 Å². The van der Waals surface area contributed by atoms with Crippen molar-refractivity contribution in [3.05, 3.63) is 40.7 Å². The molecule has 0 aromatic heterocycles. The summed E-state index contributed by atoms with van der Waals surface area (Å²) in [7, 11) is 0. The summed E-state index contributed by atoms with van der Waals surface area (Å²) in [4.78, 5) is 11.9. The van der Waals surface area contributed by atoms with E-state index >= 15 is 0 Å². The fourth-order valence-electron chi connectivity index (χ4n) is 1.12. The molecule has 1 radical (unpaired) electrons. The Hall–Kier alpha value is -0.630. The van der Waals surface area contributed by atoms with Gasteiger partial charge in [-0.25, -0.2) is 0 Å². The van der Waals surface area contributed by atoms with Gasteiger partial charge in [-0.2, -0.15) is 0 Å². The predicted octanol–water partition coefficient (Wildman–Crippen LogP) is 3.86. The van der Waals surface area contributed by atoms with Crippen LogP contribution in [0.4, 0.5) is 0 Å². The van der Waals surface area contributed by atoms with Gasteiger partial charge in [-0.3, -0.25) is 4.79 Å². The van der Waals surface area contributed by atoms with Crippen LogP contribution in [0.1, 0.15) is 36.7 Å². The van der Waals surface area contributed by atoms with E-state index in [0.29, 0.717) is 0 Å². The summed E-state index contributed by atoms with van der Waals surface area (Å²) in [6.45, 7) is 9.58. The van der Waals surface area contributed by atoms with Crippen LogP contribution in [0.2, 0.25) is 0 Å². The van der Waals surface area contributed by atoms with Crippen LogP contribution >= 0.6 is 15.9 Å². The van der Waals surface area contributed by atoms with Gasteiger partial charge in [0.15, 0.2) is 5.78 Å². The van der Waals surface area contributed by atoms with E-state index in [1.54, 1.807) is 0 Å². The molecule has 1 rings (SSSR count). The molecule has 14 heavy (non-hydrogen) atoms. The molecule has 0 N–H and O–H groups in total. The van der Waals surface area contributed by atoms with Gasteiger partial charge in [0.1, 0.15) is 0 Å². The zero-order chi connectivity index (χ0) is 10.9. The minimum atomic E-state index is -0.331. The van der Waals surface area contributed by atoms with E-state index in [1.165, 1.54) is 0 Å². The topological polar surface area (TPSA) is 17.1 Å². The highest BCUT2D eigenvalue weighted by molar-refractivity contribution is 9.10. The van der Waals surface area contributed by atoms with Crippen molar-refractivity contribution in [3.63, 3.8) is 0 Å². The van der Waals surface area contributed by atoms with Gasteiger partial charge in [-0.1, -0.05) is 48.8 Å². The number of carbonyl (C=O) groups excluding carboxylic acids is 1. The molecular weight excluding hydrogens is 240 g/mol. The lowest BCUT2D eigenvalue weighted by Gasteiger charge is -2.16. The lowest BCUT2D eigenvalue weighted by molar-refractivity contribution is 0.0858. The fraction of sp³-hybridized carbons (Fsp3) is 0.333. The van der Waals surface area contributed by atoms with Gasteiger partial charge >= 0.3 is 0 Å². The van der Waals surface area contributed by atoms with E-state index in [4.69, 9.17) is 0 Å². The number of halogens is 1. The van der Waals surface area contributed by atoms with Crippen molar-refractivity contribution >= 4 is 21.7 Å². The molecule has 1 aromatic rings. The Morgan fingerprint density at radius 1 is 1.36 bits per heavy atom. The van der Waals surface area contributed by atoms with Crippen LogP contribution in [0.15, 0.2) is 22.7 Å². The van der Waals surface area contributed by atoms with Gasteiger partial charge in [0.2, 0.25) is 0 Å². The molecule has 0 atom stereocenters. The number of ketones is 1. The Balaban J connectivity index is 3.10. The van der Waals surface area contributed by atoms with Gasteiger partial charge in [0.25, 0.3) is 0 Å². The van der Waals surface area contributed by atoms with Crippen molar-refractivity contribution < 1.29 is 4.79 Å². The minimum absolute atomic E-state index is 0.151. The normalized spacial score (nSPS) is 11.5. The van der Waals surface area contributed by atoms with Gasteiger partial charge in [0.05, 0.1) is 0 Å². The van der Waals surface area contributed by atoms with Crippen molar-refractivity contribution in [3.8, 4) is 0 Å². The minimum Gasteiger partial charge on any atom is -0.294 e. The van der Waals surface area contributed by atoms with Crippen LogP contribution < -0.4 is 0 Å². The second kappa shape index (κ2) is 3.85. The third-order valence-corrected chi connectivity index (χ3v) is 2.73. The Morgan fingerprint density at radius 3 is 2.36 bits per heavy atom. The van der Waals surface area contributed by atoms with E-state index in [-0.39, 0.29) is 11.2 Å². The lowest BCUT2D eigenvalue weighted by atomic mass is 9.86. The average Bonchev–Trinajstić information content (AvgIpc) is 2.07. The molecule has 0 aliphatic rings. The SMILES string of the molecule is [CH2]c1ccc(C(=O)C(C)(C)C)cc1Br. The summed E-state index contributed by atoms with van der Waals surface area (Å²) in [6.07, 6.45) is 0. The highest BCUT2D eigenvalue weighted by Crippen LogP contribution is 2.24. The third kappa shape index (κ3) is 2.44. The number of hydrogen-bond acceptors (Lipinski definition) is 1. The van der Waals surface area contributed by atoms with Gasteiger partial charge in [-0.15, -0.1) is 0 Å². The van der Waals surface area contributed by atoms with E-state index in [9.17, 15) is 4.79 Å². The smallest absolute Gasteiger partial charge is 0.168 e. The first-order valence-electron chi connectivity index (χ1n) is 4.48. The summed E-state index contributed by atoms with van der Waals surface area (Å²) in [5, 5.41) is 0. The first-order chi connectivity index (χ1) is 6.32. The summed E-state index contributed by atoms with van der Waals surface area (Å²) in [5.41, 5.74) is 1.30. The molecule has 0 aliphatic carbocycles. The number of rotatable bonds is 1. The fourth-order valence-corrected chi connectivity index (χ4v) is 1.50. The van der Waals surface area contributed by atoms with Crippen LogP contribution in [-0.4, -0.2) is 5.78 Å². The second-order valence-corrected chi connectivity index (χ2v) is 5.24. The Bertz CT molecular complexity index is 361. The Morgan fingerprint density at radius 2 is 1.93 bits per heavy atom. The van der Waals surface area contributed by atoms with E-state index in [1.807, 2.05) is 39.0 Å². The molecule has 2 heteroatoms. The maximum atomic E-state index is 11.9. The van der Waals surface area contributed by atoms with Gasteiger partial charge in [0, 0.05) is 15.5 Å². The van der Waals surface area contributed by atoms with E-state index in [2.05, 4.69) is 22.9 Å². The number of carbonyl (C=O) groups is 1. The van der Waals surface area contributed by atoms with Crippen LogP contribution in [-0.2, 0) is 0 Å². The first-order valence-corrected chi connectivity index (χ1v) is 5.28. The largest absolute Gasteiger partial charge is 0.294 e. The summed E-state index contributed by atoms with van der Waals surface area (Å²) in [5.74, 6) is 0.151. The molecule has 0 saturated heterocycles. The number of benzene rings is 1. The molecule has 1 nitrogen and oxygen atoms in total. The predicted molar refractivity (Wildman–Crippen MR) is 62.4 cm³/mol. The molecule has 0 fully saturated rings. The first kappa shape index (κ1) is 11.4. The quantitative estimate of drug-likeness (QED) is 0.695. The standard InChI is InChI=1S/C12H14BrO/c1-8-5-6-9(7-10(8)13)11(14)12(2,3)4/h5-7H,1H2,2-4H3. The van der Waals surface area contributed by atoms with Crippen molar-refractivity contribution in [2.75, 3.05) is 0 Å². The number of hydrogen-bond donors (Lipinski definition) is 0.